The summed E-state index contributed by atoms with van der Waals surface area (Å²) >= 11 is 1.57. The number of thiazole rings is 1. The molecule has 3 heterocycles. The predicted octanol–water partition coefficient (Wildman–Crippen LogP) is 2.95. The van der Waals surface area contributed by atoms with Crippen LogP contribution in [0.2, 0.25) is 0 Å². The molecule has 1 unspecified atom stereocenters. The number of anilines is 1. The van der Waals surface area contributed by atoms with Gasteiger partial charge in [0.25, 0.3) is 0 Å². The zero-order valence-electron chi connectivity index (χ0n) is 13.4. The van der Waals surface area contributed by atoms with E-state index in [2.05, 4.69) is 26.3 Å². The number of nitrogens with zero attached hydrogens (tertiary/aromatic N) is 3. The maximum atomic E-state index is 11.1. The van der Waals surface area contributed by atoms with E-state index in [1.807, 2.05) is 24.7 Å². The molecule has 1 aliphatic rings. The van der Waals surface area contributed by atoms with Crippen molar-refractivity contribution in [3.05, 3.63) is 41.2 Å². The van der Waals surface area contributed by atoms with E-state index in [9.17, 15) is 4.79 Å². The molecule has 2 aromatic heterocycles. The summed E-state index contributed by atoms with van der Waals surface area (Å²) in [5, 5.41) is 3.44. The van der Waals surface area contributed by atoms with Gasteiger partial charge in [-0.2, -0.15) is 0 Å². The molecule has 3 rings (SSSR count). The van der Waals surface area contributed by atoms with Crippen LogP contribution in [0.15, 0.2) is 30.7 Å². The van der Waals surface area contributed by atoms with Gasteiger partial charge in [0.05, 0.1) is 0 Å². The minimum atomic E-state index is -0.0691. The molecule has 5 nitrogen and oxygen atoms in total. The van der Waals surface area contributed by atoms with E-state index in [0.717, 1.165) is 26.1 Å². The van der Waals surface area contributed by atoms with Gasteiger partial charge >= 0.3 is 0 Å². The molecule has 1 atom stereocenters. The second-order valence-electron chi connectivity index (χ2n) is 6.12. The van der Waals surface area contributed by atoms with Crippen molar-refractivity contribution in [1.29, 1.82) is 0 Å². The first kappa shape index (κ1) is 16.1. The smallest absolute Gasteiger partial charge is 0.223 e. The van der Waals surface area contributed by atoms with Gasteiger partial charge < -0.3 is 5.32 Å². The van der Waals surface area contributed by atoms with Crippen molar-refractivity contribution in [3.8, 4) is 0 Å². The number of nitrogens with one attached hydrogen (secondary N) is 1. The third kappa shape index (κ3) is 4.84. The van der Waals surface area contributed by atoms with Crippen LogP contribution in [0.25, 0.3) is 0 Å². The second kappa shape index (κ2) is 7.66. The Bertz CT molecular complexity index is 643. The molecule has 2 aromatic rings. The summed E-state index contributed by atoms with van der Waals surface area (Å²) < 4.78 is 0. The van der Waals surface area contributed by atoms with Gasteiger partial charge in [0, 0.05) is 43.5 Å². The minimum Gasteiger partial charge on any atom is -0.302 e. The third-order valence-corrected chi connectivity index (χ3v) is 4.96. The molecule has 1 N–H and O–H groups in total. The number of carbonyl (C=O) groups is 1. The fourth-order valence-corrected chi connectivity index (χ4v) is 4.02. The Morgan fingerprint density at radius 1 is 1.48 bits per heavy atom. The lowest BCUT2D eigenvalue weighted by molar-refractivity contribution is -0.114. The number of hydrogen-bond acceptors (Lipinski definition) is 5. The van der Waals surface area contributed by atoms with Gasteiger partial charge in [0.2, 0.25) is 5.91 Å². The van der Waals surface area contributed by atoms with Crippen LogP contribution in [0.5, 0.6) is 0 Å². The third-order valence-electron chi connectivity index (χ3n) is 4.07. The first-order valence-electron chi connectivity index (χ1n) is 8.02. The molecule has 23 heavy (non-hydrogen) atoms. The molecule has 0 spiro atoms. The van der Waals surface area contributed by atoms with Crippen molar-refractivity contribution in [2.75, 3.05) is 18.4 Å². The highest BCUT2D eigenvalue weighted by Crippen LogP contribution is 2.25. The summed E-state index contributed by atoms with van der Waals surface area (Å²) in [4.78, 5) is 23.2. The van der Waals surface area contributed by atoms with Crippen molar-refractivity contribution in [3.63, 3.8) is 0 Å². The quantitative estimate of drug-likeness (QED) is 0.916. The van der Waals surface area contributed by atoms with Gasteiger partial charge in [-0.15, -0.1) is 11.3 Å². The summed E-state index contributed by atoms with van der Waals surface area (Å²) in [6, 6.07) is 4.17. The predicted molar refractivity (Wildman–Crippen MR) is 92.4 cm³/mol. The number of carbonyl (C=O) groups excluding carboxylic acids is 1. The van der Waals surface area contributed by atoms with Gasteiger partial charge in [0.1, 0.15) is 0 Å². The number of rotatable bonds is 5. The number of amides is 1. The molecule has 1 fully saturated rings. The Morgan fingerprint density at radius 2 is 2.39 bits per heavy atom. The van der Waals surface area contributed by atoms with Crippen LogP contribution >= 0.6 is 11.3 Å². The van der Waals surface area contributed by atoms with E-state index in [4.69, 9.17) is 0 Å². The summed E-state index contributed by atoms with van der Waals surface area (Å²) in [7, 11) is 0. The number of piperidine rings is 1. The lowest BCUT2D eigenvalue weighted by Crippen LogP contribution is -2.35. The molecule has 0 bridgehead atoms. The molecule has 1 aliphatic heterocycles. The Morgan fingerprint density at radius 3 is 3.17 bits per heavy atom. The van der Waals surface area contributed by atoms with Crippen molar-refractivity contribution in [2.45, 2.75) is 32.7 Å². The maximum absolute atomic E-state index is 11.1. The first-order valence-corrected chi connectivity index (χ1v) is 8.84. The van der Waals surface area contributed by atoms with Crippen molar-refractivity contribution in [1.82, 2.24) is 14.9 Å². The fourth-order valence-electron chi connectivity index (χ4n) is 3.12. The zero-order chi connectivity index (χ0) is 16.1. The first-order chi connectivity index (χ1) is 11.2. The van der Waals surface area contributed by atoms with Gasteiger partial charge in [-0.1, -0.05) is 6.07 Å². The van der Waals surface area contributed by atoms with E-state index >= 15 is 0 Å². The molecular weight excluding hydrogens is 308 g/mol. The van der Waals surface area contributed by atoms with Crippen molar-refractivity contribution >= 4 is 22.4 Å². The topological polar surface area (TPSA) is 58.1 Å². The highest BCUT2D eigenvalue weighted by molar-refractivity contribution is 7.15. The molecule has 122 valence electrons. The number of aromatic nitrogens is 2. The monoisotopic (exact) mass is 330 g/mol. The Hall–Kier alpha value is -1.79. The molecule has 0 radical (unpaired) electrons. The van der Waals surface area contributed by atoms with Crippen molar-refractivity contribution in [2.24, 2.45) is 5.92 Å². The fraction of sp³-hybridized carbons (Fsp3) is 0.471. The average Bonchev–Trinajstić information content (AvgIpc) is 2.95. The standard InChI is InChI=1S/C17H22N4OS/c1-13(22)20-17-19-10-16(23-17)12-21-7-3-5-15(11-21)8-14-4-2-6-18-9-14/h2,4,6,9-10,15H,3,5,7-8,11-12H2,1H3,(H,19,20,22). The summed E-state index contributed by atoms with van der Waals surface area (Å²) in [6.45, 7) is 4.68. The van der Waals surface area contributed by atoms with Crippen LogP contribution in [0, 0.1) is 5.92 Å². The molecule has 0 saturated carbocycles. The molecule has 1 saturated heterocycles. The minimum absolute atomic E-state index is 0.0691. The lowest BCUT2D eigenvalue weighted by atomic mass is 9.92. The van der Waals surface area contributed by atoms with Crippen molar-refractivity contribution < 1.29 is 4.79 Å². The Labute approximate surface area is 140 Å². The van der Waals surface area contributed by atoms with E-state index < -0.39 is 0 Å². The van der Waals surface area contributed by atoms with E-state index in [1.54, 1.807) is 11.3 Å². The highest BCUT2D eigenvalue weighted by Gasteiger charge is 2.21. The van der Waals surface area contributed by atoms with Gasteiger partial charge in [-0.3, -0.25) is 14.7 Å². The second-order valence-corrected chi connectivity index (χ2v) is 7.24. The van der Waals surface area contributed by atoms with Gasteiger partial charge in [0.15, 0.2) is 5.13 Å². The summed E-state index contributed by atoms with van der Waals surface area (Å²) in [6.07, 6.45) is 9.30. The number of hydrogen-bond donors (Lipinski definition) is 1. The average molecular weight is 330 g/mol. The van der Waals surface area contributed by atoms with Crippen LogP contribution in [0.4, 0.5) is 5.13 Å². The van der Waals surface area contributed by atoms with Crippen LogP contribution in [0.3, 0.4) is 0 Å². The Balaban J connectivity index is 1.54. The molecule has 0 aromatic carbocycles. The molecule has 0 aliphatic carbocycles. The highest BCUT2D eigenvalue weighted by atomic mass is 32.1. The maximum Gasteiger partial charge on any atom is 0.223 e. The van der Waals surface area contributed by atoms with E-state index in [0.29, 0.717) is 11.0 Å². The summed E-state index contributed by atoms with van der Waals surface area (Å²) in [5.41, 5.74) is 1.32. The van der Waals surface area contributed by atoms with E-state index in [-0.39, 0.29) is 5.91 Å². The summed E-state index contributed by atoms with van der Waals surface area (Å²) in [5.74, 6) is 0.621. The van der Waals surface area contributed by atoms with Gasteiger partial charge in [-0.05, 0) is 43.4 Å². The van der Waals surface area contributed by atoms with Crippen LogP contribution in [0.1, 0.15) is 30.2 Å². The van der Waals surface area contributed by atoms with Crippen LogP contribution in [-0.4, -0.2) is 33.9 Å². The molecule has 1 amide bonds. The van der Waals surface area contributed by atoms with Crippen LogP contribution < -0.4 is 5.32 Å². The Kier molecular flexibility index (Phi) is 5.35. The zero-order valence-corrected chi connectivity index (χ0v) is 14.2. The molecule has 6 heteroatoms. The van der Waals surface area contributed by atoms with Crippen LogP contribution in [-0.2, 0) is 17.8 Å². The number of pyridine rings is 1. The van der Waals surface area contributed by atoms with E-state index in [1.165, 1.54) is 30.2 Å². The largest absolute Gasteiger partial charge is 0.302 e. The van der Waals surface area contributed by atoms with Gasteiger partial charge in [-0.25, -0.2) is 4.98 Å². The normalized spacial score (nSPS) is 18.7. The molecular formula is C17H22N4OS. The lowest BCUT2D eigenvalue weighted by Gasteiger charge is -2.32. The SMILES string of the molecule is CC(=O)Nc1ncc(CN2CCCC(Cc3cccnc3)C2)s1. The number of likely N-dealkylation sites (tertiary alicyclic amines) is 1.